The number of nitrogens with zero attached hydrogens (tertiary/aromatic N) is 1. The van der Waals surface area contributed by atoms with Gasteiger partial charge in [0.1, 0.15) is 17.3 Å². The van der Waals surface area contributed by atoms with Gasteiger partial charge in [0, 0.05) is 24.1 Å². The van der Waals surface area contributed by atoms with E-state index < -0.39 is 17.7 Å². The number of nitrogens with one attached hydrogen (secondary N) is 1. The molecule has 1 aliphatic heterocycles. The van der Waals surface area contributed by atoms with E-state index in [4.69, 9.17) is 0 Å². The molecule has 3 nitrogen and oxygen atoms in total. The SMILES string of the molecule is O=C(Nc1c(F)cccc1F)N1CCSC(c2ccccc2)CC1. The number of halogens is 2. The summed E-state index contributed by atoms with van der Waals surface area (Å²) in [6.45, 7) is 1.10. The molecule has 2 aromatic carbocycles. The Morgan fingerprint density at radius 3 is 2.46 bits per heavy atom. The van der Waals surface area contributed by atoms with E-state index in [-0.39, 0.29) is 5.69 Å². The Hall–Kier alpha value is -2.08. The lowest BCUT2D eigenvalue weighted by atomic mass is 10.1. The van der Waals surface area contributed by atoms with Gasteiger partial charge in [0.05, 0.1) is 0 Å². The lowest BCUT2D eigenvalue weighted by Gasteiger charge is -2.21. The Kier molecular flexibility index (Phi) is 5.35. The first kappa shape index (κ1) is 16.8. The molecule has 6 heteroatoms. The highest BCUT2D eigenvalue weighted by atomic mass is 32.2. The van der Waals surface area contributed by atoms with Gasteiger partial charge in [-0.15, -0.1) is 0 Å². The molecule has 0 aliphatic carbocycles. The summed E-state index contributed by atoms with van der Waals surface area (Å²) < 4.78 is 27.3. The standard InChI is InChI=1S/C18H18F2N2OS/c19-14-7-4-8-15(20)17(14)21-18(23)22-10-9-16(24-12-11-22)13-5-2-1-3-6-13/h1-8,16H,9-12H2,(H,21,23). The molecule has 0 aromatic heterocycles. The van der Waals surface area contributed by atoms with E-state index in [1.54, 1.807) is 16.7 Å². The van der Waals surface area contributed by atoms with Crippen LogP contribution < -0.4 is 5.32 Å². The molecule has 0 saturated carbocycles. The van der Waals surface area contributed by atoms with Crippen LogP contribution in [0.15, 0.2) is 48.5 Å². The zero-order valence-corrected chi connectivity index (χ0v) is 13.9. The molecule has 1 aliphatic rings. The van der Waals surface area contributed by atoms with Crippen molar-refractivity contribution in [2.24, 2.45) is 0 Å². The van der Waals surface area contributed by atoms with Gasteiger partial charge >= 0.3 is 6.03 Å². The highest BCUT2D eigenvalue weighted by Gasteiger charge is 2.23. The predicted molar refractivity (Wildman–Crippen MR) is 93.2 cm³/mol. The Bertz CT molecular complexity index is 691. The van der Waals surface area contributed by atoms with E-state index in [2.05, 4.69) is 17.4 Å². The lowest BCUT2D eigenvalue weighted by molar-refractivity contribution is 0.215. The zero-order valence-electron chi connectivity index (χ0n) is 13.0. The highest BCUT2D eigenvalue weighted by Crippen LogP contribution is 2.34. The second kappa shape index (κ2) is 7.66. The van der Waals surface area contributed by atoms with Crippen LogP contribution in [-0.4, -0.2) is 29.8 Å². The topological polar surface area (TPSA) is 32.3 Å². The number of thioether (sulfide) groups is 1. The van der Waals surface area contributed by atoms with Gasteiger partial charge in [-0.25, -0.2) is 13.6 Å². The van der Waals surface area contributed by atoms with E-state index in [0.29, 0.717) is 18.3 Å². The smallest absolute Gasteiger partial charge is 0.322 e. The fourth-order valence-electron chi connectivity index (χ4n) is 2.71. The predicted octanol–water partition coefficient (Wildman–Crippen LogP) is 4.68. The Morgan fingerprint density at radius 1 is 1.04 bits per heavy atom. The van der Waals surface area contributed by atoms with Gasteiger partial charge in [-0.1, -0.05) is 36.4 Å². The average Bonchev–Trinajstić information content (AvgIpc) is 2.85. The summed E-state index contributed by atoms with van der Waals surface area (Å²) in [6, 6.07) is 13.2. The molecule has 24 heavy (non-hydrogen) atoms. The average molecular weight is 348 g/mol. The number of urea groups is 1. The summed E-state index contributed by atoms with van der Waals surface area (Å²) in [5.74, 6) is -0.753. The minimum Gasteiger partial charge on any atom is -0.324 e. The zero-order chi connectivity index (χ0) is 16.9. The van der Waals surface area contributed by atoms with Gasteiger partial charge < -0.3 is 10.2 Å². The fraction of sp³-hybridized carbons (Fsp3) is 0.278. The van der Waals surface area contributed by atoms with Crippen molar-refractivity contribution in [2.75, 3.05) is 24.2 Å². The first-order valence-corrected chi connectivity index (χ1v) is 8.86. The van der Waals surface area contributed by atoms with Crippen LogP contribution in [0.5, 0.6) is 0 Å². The van der Waals surface area contributed by atoms with Crippen LogP contribution in [0.25, 0.3) is 0 Å². The molecular formula is C18H18F2N2OS. The minimum absolute atomic E-state index is 0.328. The third-order valence-corrected chi connectivity index (χ3v) is 5.32. The van der Waals surface area contributed by atoms with Crippen molar-refractivity contribution in [3.8, 4) is 0 Å². The number of rotatable bonds is 2. The molecule has 1 N–H and O–H groups in total. The Balaban J connectivity index is 1.64. The van der Waals surface area contributed by atoms with Crippen LogP contribution in [0.1, 0.15) is 17.2 Å². The molecule has 2 aromatic rings. The van der Waals surface area contributed by atoms with Gasteiger partial charge in [-0.05, 0) is 24.1 Å². The summed E-state index contributed by atoms with van der Waals surface area (Å²) in [5, 5.41) is 2.69. The number of para-hydroxylation sites is 1. The second-order valence-electron chi connectivity index (χ2n) is 5.57. The molecule has 1 saturated heterocycles. The van der Waals surface area contributed by atoms with Crippen molar-refractivity contribution < 1.29 is 13.6 Å². The largest absolute Gasteiger partial charge is 0.324 e. The summed E-state index contributed by atoms with van der Waals surface area (Å²) in [5.41, 5.74) is 0.851. The number of benzene rings is 2. The van der Waals surface area contributed by atoms with E-state index >= 15 is 0 Å². The van der Waals surface area contributed by atoms with Gasteiger partial charge in [0.2, 0.25) is 0 Å². The number of hydrogen-bond donors (Lipinski definition) is 1. The van der Waals surface area contributed by atoms with Crippen LogP contribution in [0.4, 0.5) is 19.3 Å². The maximum atomic E-state index is 13.7. The molecule has 126 valence electrons. The van der Waals surface area contributed by atoms with Crippen molar-refractivity contribution in [3.63, 3.8) is 0 Å². The quantitative estimate of drug-likeness (QED) is 0.855. The number of amides is 2. The van der Waals surface area contributed by atoms with Gasteiger partial charge in [-0.3, -0.25) is 0 Å². The molecule has 1 fully saturated rings. The van der Waals surface area contributed by atoms with Crippen LogP contribution in [0, 0.1) is 11.6 Å². The summed E-state index contributed by atoms with van der Waals surface area (Å²) in [7, 11) is 0. The molecule has 0 spiro atoms. The first-order valence-electron chi connectivity index (χ1n) is 7.81. The van der Waals surface area contributed by atoms with Gasteiger partial charge in [0.15, 0.2) is 0 Å². The molecule has 2 amide bonds. The maximum Gasteiger partial charge on any atom is 0.322 e. The first-order chi connectivity index (χ1) is 11.6. The van der Waals surface area contributed by atoms with Crippen LogP contribution in [0.3, 0.4) is 0 Å². The molecule has 3 rings (SSSR count). The van der Waals surface area contributed by atoms with E-state index in [1.165, 1.54) is 11.6 Å². The van der Waals surface area contributed by atoms with E-state index in [0.717, 1.165) is 24.3 Å². The molecular weight excluding hydrogens is 330 g/mol. The lowest BCUT2D eigenvalue weighted by Crippen LogP contribution is -2.37. The van der Waals surface area contributed by atoms with Crippen LogP contribution >= 0.6 is 11.8 Å². The summed E-state index contributed by atoms with van der Waals surface area (Å²) in [6.07, 6.45) is 0.807. The van der Waals surface area contributed by atoms with E-state index in [9.17, 15) is 13.6 Å². The highest BCUT2D eigenvalue weighted by molar-refractivity contribution is 7.99. The van der Waals surface area contributed by atoms with Crippen molar-refractivity contribution in [3.05, 3.63) is 65.7 Å². The van der Waals surface area contributed by atoms with Gasteiger partial charge in [-0.2, -0.15) is 11.8 Å². The number of anilines is 1. The van der Waals surface area contributed by atoms with Crippen molar-refractivity contribution in [1.29, 1.82) is 0 Å². The monoisotopic (exact) mass is 348 g/mol. The third kappa shape index (κ3) is 3.87. The minimum atomic E-state index is -0.769. The van der Waals surface area contributed by atoms with Gasteiger partial charge in [0.25, 0.3) is 0 Å². The van der Waals surface area contributed by atoms with Crippen molar-refractivity contribution >= 4 is 23.5 Å². The second-order valence-corrected chi connectivity index (χ2v) is 6.88. The van der Waals surface area contributed by atoms with Crippen molar-refractivity contribution in [2.45, 2.75) is 11.7 Å². The number of carbonyl (C=O) groups is 1. The van der Waals surface area contributed by atoms with Crippen LogP contribution in [-0.2, 0) is 0 Å². The fourth-order valence-corrected chi connectivity index (χ4v) is 3.94. The number of hydrogen-bond acceptors (Lipinski definition) is 2. The Morgan fingerprint density at radius 2 is 1.75 bits per heavy atom. The Labute approximate surface area is 144 Å². The normalized spacial score (nSPS) is 18.1. The number of carbonyl (C=O) groups excluding carboxylic acids is 1. The molecule has 1 unspecified atom stereocenters. The molecule has 0 radical (unpaired) electrons. The summed E-state index contributed by atoms with van der Waals surface area (Å²) in [4.78, 5) is 14.0. The molecule has 1 heterocycles. The maximum absolute atomic E-state index is 13.7. The molecule has 0 bridgehead atoms. The van der Waals surface area contributed by atoms with Crippen LogP contribution in [0.2, 0.25) is 0 Å². The molecule has 1 atom stereocenters. The van der Waals surface area contributed by atoms with Crippen molar-refractivity contribution in [1.82, 2.24) is 4.90 Å². The van der Waals surface area contributed by atoms with E-state index in [1.807, 2.05) is 18.2 Å². The third-order valence-electron chi connectivity index (χ3n) is 3.99. The summed E-state index contributed by atoms with van der Waals surface area (Å²) >= 11 is 1.80.